The van der Waals surface area contributed by atoms with Crippen molar-refractivity contribution in [2.45, 2.75) is 32.1 Å². The Hall–Kier alpha value is -0.220. The molecule has 1 saturated carbocycles. The van der Waals surface area contributed by atoms with Gasteiger partial charge in [-0.25, -0.2) is 0 Å². The maximum atomic E-state index is 6.85. The fourth-order valence-electron chi connectivity index (χ4n) is 1.25. The molecule has 42 valence electrons. The summed E-state index contributed by atoms with van der Waals surface area (Å²) in [6, 6.07) is 0. The van der Waals surface area contributed by atoms with Crippen LogP contribution in [0.5, 0.6) is 0 Å². The number of hydrogen-bond acceptors (Lipinski definition) is 0. The summed E-state index contributed by atoms with van der Waals surface area (Å²) in [6.07, 6.45) is 13.3. The van der Waals surface area contributed by atoms with Crippen LogP contribution in [0, 0.1) is 18.3 Å². The molecule has 0 radical (unpaired) electrons. The molecule has 0 saturated heterocycles. The van der Waals surface area contributed by atoms with E-state index in [0.29, 0.717) is 5.92 Å². The van der Waals surface area contributed by atoms with Crippen molar-refractivity contribution < 1.29 is 0 Å². The fourth-order valence-corrected chi connectivity index (χ4v) is 1.25. The zero-order valence-corrected chi connectivity index (χ0v) is 5.11. The molecule has 0 aromatic heterocycles. The van der Waals surface area contributed by atoms with Crippen molar-refractivity contribution in [3.63, 3.8) is 0 Å². The molecule has 0 nitrogen and oxygen atoms in total. The van der Waals surface area contributed by atoms with Crippen LogP contribution in [0.3, 0.4) is 0 Å². The van der Waals surface area contributed by atoms with Gasteiger partial charge in [-0.15, -0.1) is 0 Å². The Morgan fingerprint density at radius 1 is 1.12 bits per heavy atom. The van der Waals surface area contributed by atoms with Crippen LogP contribution in [-0.4, -0.2) is 0 Å². The molecule has 1 fully saturated rings. The van der Waals surface area contributed by atoms with Gasteiger partial charge < -0.3 is 0 Å². The van der Waals surface area contributed by atoms with Crippen molar-refractivity contribution in [3.8, 4) is 5.92 Å². The second-order valence-electron chi connectivity index (χ2n) is 2.48. The molecule has 0 spiro atoms. The average Bonchev–Trinajstić information content (AvgIpc) is 1.90. The summed E-state index contributed by atoms with van der Waals surface area (Å²) in [5.74, 6) is 3.06. The topological polar surface area (TPSA) is 0 Å². The zero-order chi connectivity index (χ0) is 5.82. The van der Waals surface area contributed by atoms with E-state index in [-0.39, 0.29) is 0 Å². The molecule has 1 rings (SSSR count). The van der Waals surface area contributed by atoms with Crippen molar-refractivity contribution in [2.75, 3.05) is 0 Å². The zero-order valence-electron chi connectivity index (χ0n) is 5.11. The van der Waals surface area contributed by atoms with E-state index in [1.165, 1.54) is 32.1 Å². The summed E-state index contributed by atoms with van der Waals surface area (Å²) in [7, 11) is 0. The first-order chi connectivity index (χ1) is 3.93. The number of rotatable bonds is 0. The minimum atomic E-state index is 0.503. The monoisotopic (exact) mass is 107 g/mol. The Kier molecular flexibility index (Phi) is 2.17. The van der Waals surface area contributed by atoms with Gasteiger partial charge in [-0.3, -0.25) is 0 Å². The molecule has 0 bridgehead atoms. The van der Waals surface area contributed by atoms with Gasteiger partial charge in [0.05, 0.1) is 0 Å². The molecule has 0 atom stereocenters. The molecule has 0 aromatic carbocycles. The van der Waals surface area contributed by atoms with Crippen LogP contribution >= 0.6 is 0 Å². The molecule has 1 aliphatic carbocycles. The molecule has 0 heterocycles. The van der Waals surface area contributed by atoms with Gasteiger partial charge in [-0.1, -0.05) is 0 Å². The van der Waals surface area contributed by atoms with E-state index < -0.39 is 0 Å². The first-order valence-corrected chi connectivity index (χ1v) is 3.36. The van der Waals surface area contributed by atoms with E-state index in [4.69, 9.17) is 6.42 Å². The van der Waals surface area contributed by atoms with Crippen molar-refractivity contribution in [1.29, 1.82) is 0 Å². The summed E-state index contributed by atoms with van der Waals surface area (Å²) in [5.41, 5.74) is 0. The second kappa shape index (κ2) is 2.94. The second-order valence-corrected chi connectivity index (χ2v) is 2.48. The van der Waals surface area contributed by atoms with Gasteiger partial charge in [0.1, 0.15) is 0 Å². The summed E-state index contributed by atoms with van der Waals surface area (Å²) in [5, 5.41) is 0. The molecular weight excluding hydrogens is 96.1 g/mol. The first-order valence-electron chi connectivity index (χ1n) is 3.36. The third-order valence-electron chi connectivity index (χ3n) is 1.81. The third-order valence-corrected chi connectivity index (χ3v) is 1.81. The van der Waals surface area contributed by atoms with Crippen molar-refractivity contribution in [3.05, 3.63) is 6.42 Å². The average molecular weight is 107 g/mol. The number of hydrogen-bond donors (Lipinski definition) is 0. The quantitative estimate of drug-likeness (QED) is 0.328. The molecule has 8 heavy (non-hydrogen) atoms. The van der Waals surface area contributed by atoms with Gasteiger partial charge in [-0.2, -0.15) is 0 Å². The Morgan fingerprint density at radius 3 is 2.12 bits per heavy atom. The van der Waals surface area contributed by atoms with Gasteiger partial charge >= 0.3 is 50.4 Å². The molecule has 0 aromatic rings. The fraction of sp³-hybridized carbons (Fsp3) is 0.750. The van der Waals surface area contributed by atoms with Crippen molar-refractivity contribution in [1.82, 2.24) is 0 Å². The van der Waals surface area contributed by atoms with E-state index in [1.807, 2.05) is 0 Å². The normalized spacial score (nSPS) is 22.8. The van der Waals surface area contributed by atoms with Crippen LogP contribution in [0.15, 0.2) is 0 Å². The van der Waals surface area contributed by atoms with Crippen LogP contribution in [0.1, 0.15) is 32.1 Å². The van der Waals surface area contributed by atoms with Gasteiger partial charge in [0, 0.05) is 0 Å². The SMILES string of the molecule is [C+]#CC1CCCCC1. The third kappa shape index (κ3) is 1.38. The van der Waals surface area contributed by atoms with Gasteiger partial charge in [0.15, 0.2) is 0 Å². The summed E-state index contributed by atoms with van der Waals surface area (Å²) >= 11 is 0. The molecule has 1 aliphatic rings. The Morgan fingerprint density at radius 2 is 1.75 bits per heavy atom. The summed E-state index contributed by atoms with van der Waals surface area (Å²) < 4.78 is 0. The first kappa shape index (κ1) is 5.91. The Balaban J connectivity index is 2.25. The van der Waals surface area contributed by atoms with Crippen LogP contribution in [-0.2, 0) is 0 Å². The van der Waals surface area contributed by atoms with E-state index >= 15 is 0 Å². The van der Waals surface area contributed by atoms with Crippen molar-refractivity contribution >= 4 is 0 Å². The van der Waals surface area contributed by atoms with E-state index in [9.17, 15) is 0 Å². The molecule has 0 N–H and O–H groups in total. The molecule has 0 unspecified atom stereocenters. The van der Waals surface area contributed by atoms with Crippen molar-refractivity contribution in [2.24, 2.45) is 5.92 Å². The molecule has 0 heteroatoms. The van der Waals surface area contributed by atoms with Crippen LogP contribution in [0.4, 0.5) is 0 Å². The minimum absolute atomic E-state index is 0.503. The maximum absolute atomic E-state index is 6.85. The van der Waals surface area contributed by atoms with E-state index in [2.05, 4.69) is 5.92 Å². The van der Waals surface area contributed by atoms with Gasteiger partial charge in [0.2, 0.25) is 0 Å². The van der Waals surface area contributed by atoms with E-state index in [1.54, 1.807) is 0 Å². The van der Waals surface area contributed by atoms with Crippen LogP contribution in [0.2, 0.25) is 0 Å². The molecule has 0 aliphatic heterocycles. The standard InChI is InChI=1S/C8H11/c1-2-8-6-4-3-5-7-8/h8H,3-7H2/q+1. The van der Waals surface area contributed by atoms with Gasteiger partial charge in [-0.05, 0) is 0 Å². The molecular formula is C8H11+. The molecule has 0 amide bonds. The predicted octanol–water partition coefficient (Wildman–Crippen LogP) is 2.16. The Labute approximate surface area is 51.3 Å². The predicted molar refractivity (Wildman–Crippen MR) is 33.7 cm³/mol. The summed E-state index contributed by atoms with van der Waals surface area (Å²) in [6.45, 7) is 0. The van der Waals surface area contributed by atoms with E-state index in [0.717, 1.165) is 0 Å². The Bertz CT molecular complexity index is 91.1. The van der Waals surface area contributed by atoms with Crippen LogP contribution in [0.25, 0.3) is 0 Å². The van der Waals surface area contributed by atoms with Gasteiger partial charge in [0.25, 0.3) is 0 Å². The van der Waals surface area contributed by atoms with Crippen LogP contribution < -0.4 is 0 Å². The summed E-state index contributed by atoms with van der Waals surface area (Å²) in [4.78, 5) is 0.